The average molecular weight is 848 g/mol. The van der Waals surface area contributed by atoms with Crippen LogP contribution in [0.25, 0.3) is 22.3 Å². The maximum atomic E-state index is 16.1. The summed E-state index contributed by atoms with van der Waals surface area (Å²) in [6.45, 7) is 7.13. The van der Waals surface area contributed by atoms with Crippen LogP contribution in [0, 0.1) is 25.7 Å². The Balaban J connectivity index is 0.843. The van der Waals surface area contributed by atoms with Crippen molar-refractivity contribution in [2.24, 2.45) is 18.9 Å². The molecule has 4 aromatic heterocycles. The summed E-state index contributed by atoms with van der Waals surface area (Å²) in [7, 11) is 1.85. The molecular weight excluding hydrogens is 797 g/mol. The molecule has 1 unspecified atom stereocenters. The molecule has 1 saturated carbocycles. The Morgan fingerprint density at radius 3 is 2.47 bits per heavy atom. The van der Waals surface area contributed by atoms with Crippen molar-refractivity contribution in [3.05, 3.63) is 71.3 Å². The fourth-order valence-corrected chi connectivity index (χ4v) is 10.4. The molecule has 15 nitrogen and oxygen atoms in total. The van der Waals surface area contributed by atoms with E-state index < -0.39 is 24.4 Å². The number of aromatic nitrogens is 6. The van der Waals surface area contributed by atoms with Crippen LogP contribution in [0.5, 0.6) is 5.88 Å². The van der Waals surface area contributed by atoms with Crippen LogP contribution in [0.4, 0.5) is 26.1 Å². The monoisotopic (exact) mass is 847 g/mol. The Hall–Kier alpha value is -5.97. The van der Waals surface area contributed by atoms with Gasteiger partial charge in [0.2, 0.25) is 23.6 Å². The number of imidazole rings is 1. The van der Waals surface area contributed by atoms with E-state index in [9.17, 15) is 14.4 Å². The summed E-state index contributed by atoms with van der Waals surface area (Å²) in [5.41, 5.74) is 6.98. The van der Waals surface area contributed by atoms with Crippen molar-refractivity contribution in [2.45, 2.75) is 76.8 Å². The Labute approximate surface area is 357 Å². The van der Waals surface area contributed by atoms with Gasteiger partial charge in [-0.3, -0.25) is 39.9 Å². The predicted molar refractivity (Wildman–Crippen MR) is 229 cm³/mol. The predicted octanol–water partition coefficient (Wildman–Crippen LogP) is 5.46. The number of piperazine rings is 1. The SMILES string of the molecule is Cc1cc2cc(n1)-c1cnn(C)c1OC[C@H]1CC[C@H](C1)Cn1c(nc3ccc(N4CCN([C@@H]5CCN(c6ccc(C7CCC(=O)NC7=O)nc6C)CC5(F)F)CC4)cc31)NC2=O. The van der Waals surface area contributed by atoms with Gasteiger partial charge in [0.25, 0.3) is 11.8 Å². The molecule has 2 N–H and O–H groups in total. The number of pyridine rings is 2. The smallest absolute Gasteiger partial charge is 0.280 e. The summed E-state index contributed by atoms with van der Waals surface area (Å²) in [6.07, 6.45) is 5.70. The zero-order chi connectivity index (χ0) is 42.9. The van der Waals surface area contributed by atoms with Crippen molar-refractivity contribution in [3.63, 3.8) is 0 Å². The molecule has 0 spiro atoms. The van der Waals surface area contributed by atoms with Crippen LogP contribution in [0.1, 0.15) is 71.9 Å². The number of nitrogens with zero attached hydrogens (tertiary/aromatic N) is 9. The minimum atomic E-state index is -2.96. The molecule has 5 aromatic rings. The molecule has 0 radical (unpaired) electrons. The van der Waals surface area contributed by atoms with Gasteiger partial charge in [0.15, 0.2) is 0 Å². The molecule has 324 valence electrons. The highest BCUT2D eigenvalue weighted by Crippen LogP contribution is 2.39. The number of anilines is 3. The van der Waals surface area contributed by atoms with Crippen molar-refractivity contribution < 1.29 is 27.9 Å². The molecule has 8 heterocycles. The van der Waals surface area contributed by atoms with E-state index in [1.54, 1.807) is 47.0 Å². The molecule has 10 rings (SSSR count). The number of alkyl halides is 2. The van der Waals surface area contributed by atoms with Gasteiger partial charge >= 0.3 is 0 Å². The number of imide groups is 1. The number of carbonyl (C=O) groups excluding carboxylic acids is 3. The first kappa shape index (κ1) is 40.1. The van der Waals surface area contributed by atoms with Crippen LogP contribution >= 0.6 is 0 Å². The zero-order valence-electron chi connectivity index (χ0n) is 35.2. The van der Waals surface area contributed by atoms with Crippen molar-refractivity contribution in [1.82, 2.24) is 39.5 Å². The molecule has 4 aliphatic heterocycles. The van der Waals surface area contributed by atoms with Gasteiger partial charge in [-0.2, -0.15) is 5.10 Å². The molecule has 17 heteroatoms. The number of piperidine rings is 2. The van der Waals surface area contributed by atoms with Crippen LogP contribution in [-0.4, -0.2) is 110 Å². The number of carbonyl (C=O) groups is 3. The van der Waals surface area contributed by atoms with Crippen LogP contribution in [0.15, 0.2) is 48.7 Å². The Morgan fingerprint density at radius 2 is 1.68 bits per heavy atom. The van der Waals surface area contributed by atoms with Gasteiger partial charge < -0.3 is 19.1 Å². The third kappa shape index (κ3) is 7.53. The van der Waals surface area contributed by atoms with E-state index in [-0.39, 0.29) is 24.1 Å². The minimum Gasteiger partial charge on any atom is -0.477 e. The van der Waals surface area contributed by atoms with Gasteiger partial charge in [-0.05, 0) is 100 Å². The lowest BCUT2D eigenvalue weighted by molar-refractivity contribution is -0.134. The minimum absolute atomic E-state index is 0.247. The number of benzene rings is 1. The van der Waals surface area contributed by atoms with Crippen LogP contribution in [0.2, 0.25) is 0 Å². The van der Waals surface area contributed by atoms with Crippen molar-refractivity contribution in [1.29, 1.82) is 0 Å². The Bertz CT molecular complexity index is 2580. The number of aryl methyl sites for hydroxylation is 3. The molecule has 4 fully saturated rings. The Kier molecular flexibility index (Phi) is 10.2. The first-order chi connectivity index (χ1) is 29.9. The van der Waals surface area contributed by atoms with Crippen molar-refractivity contribution >= 4 is 46.1 Å². The average Bonchev–Trinajstić information content (AvgIpc) is 3.95. The van der Waals surface area contributed by atoms with E-state index in [1.807, 2.05) is 31.0 Å². The topological polar surface area (TPSA) is 156 Å². The van der Waals surface area contributed by atoms with Gasteiger partial charge in [0, 0.05) is 69.7 Å². The van der Waals surface area contributed by atoms with E-state index >= 15 is 8.78 Å². The van der Waals surface area contributed by atoms with Crippen molar-refractivity contribution in [2.75, 3.05) is 61.0 Å². The number of amides is 3. The first-order valence-electron chi connectivity index (χ1n) is 21.8. The van der Waals surface area contributed by atoms with Gasteiger partial charge in [-0.1, -0.05) is 0 Å². The quantitative estimate of drug-likeness (QED) is 0.222. The number of fused-ring (bicyclic) bond motifs is 9. The van der Waals surface area contributed by atoms with E-state index in [0.717, 1.165) is 41.5 Å². The van der Waals surface area contributed by atoms with E-state index in [4.69, 9.17) is 14.7 Å². The third-order valence-electron chi connectivity index (χ3n) is 13.6. The number of hydrogen-bond acceptors (Lipinski definition) is 11. The number of ether oxygens (including phenoxy) is 1. The molecule has 1 aromatic carbocycles. The number of hydrogen-bond donors (Lipinski definition) is 2. The highest BCUT2D eigenvalue weighted by atomic mass is 19.3. The molecule has 3 saturated heterocycles. The Morgan fingerprint density at radius 1 is 0.855 bits per heavy atom. The second-order valence-electron chi connectivity index (χ2n) is 17.8. The summed E-state index contributed by atoms with van der Waals surface area (Å²) in [5.74, 6) is -2.58. The number of nitrogens with one attached hydrogen (secondary N) is 2. The summed E-state index contributed by atoms with van der Waals surface area (Å²) in [4.78, 5) is 58.2. The lowest BCUT2D eigenvalue weighted by Gasteiger charge is -2.47. The lowest BCUT2D eigenvalue weighted by Crippen LogP contribution is -2.62. The molecule has 3 amide bonds. The van der Waals surface area contributed by atoms with Gasteiger partial charge in [-0.15, -0.1) is 0 Å². The van der Waals surface area contributed by atoms with E-state index in [1.165, 1.54) is 0 Å². The normalized spacial score (nSPS) is 24.4. The van der Waals surface area contributed by atoms with Crippen LogP contribution in [0.3, 0.4) is 0 Å². The molecule has 4 bridgehead atoms. The maximum Gasteiger partial charge on any atom is 0.280 e. The number of rotatable bonds is 4. The van der Waals surface area contributed by atoms with Gasteiger partial charge in [0.05, 0.1) is 70.7 Å². The molecular formula is C45H51F2N11O4. The highest BCUT2D eigenvalue weighted by molar-refractivity contribution is 6.05. The molecule has 62 heavy (non-hydrogen) atoms. The number of halogens is 2. The summed E-state index contributed by atoms with van der Waals surface area (Å²) < 4.78 is 42.5. The fraction of sp³-hybridized carbons (Fsp3) is 0.489. The zero-order valence-corrected chi connectivity index (χ0v) is 35.2. The third-order valence-corrected chi connectivity index (χ3v) is 13.6. The summed E-state index contributed by atoms with van der Waals surface area (Å²) in [6, 6.07) is 12.3. The van der Waals surface area contributed by atoms with Gasteiger partial charge in [0.1, 0.15) is 0 Å². The summed E-state index contributed by atoms with van der Waals surface area (Å²) in [5, 5.41) is 9.95. The fourth-order valence-electron chi connectivity index (χ4n) is 10.4. The summed E-state index contributed by atoms with van der Waals surface area (Å²) >= 11 is 0. The largest absolute Gasteiger partial charge is 0.477 e. The van der Waals surface area contributed by atoms with E-state index in [2.05, 4.69) is 36.2 Å². The van der Waals surface area contributed by atoms with Gasteiger partial charge in [-0.25, -0.2) is 18.4 Å². The van der Waals surface area contributed by atoms with E-state index in [0.29, 0.717) is 116 Å². The van der Waals surface area contributed by atoms with Crippen molar-refractivity contribution in [3.8, 4) is 17.1 Å². The van der Waals surface area contributed by atoms with Crippen LogP contribution in [-0.2, 0) is 23.2 Å². The second-order valence-corrected chi connectivity index (χ2v) is 17.8. The lowest BCUT2D eigenvalue weighted by atomic mass is 9.93. The van der Waals surface area contributed by atoms with Crippen LogP contribution < -0.4 is 25.2 Å². The standard InChI is InChI=1S/C45H51F2N11O4/c1-26-18-30-20-36(49-26)33-22-48-54(3)43(33)62-24-29-5-4-28(19-29)23-58-38-21-31(6-8-35(38)51-44(58)53-41(30)60)55-14-16-56(17-15-55)39-12-13-57(25-45(39,46)47)37-10-9-34(50-27(37)2)32-7-11-40(59)52-42(32)61/h6,8-10,18,20-22,28-29,32,39H,4-5,7,11-17,19,23-25H2,1-3H3,(H,51,53,60)(H,52,59,61)/t28-,29+,32?,39-/m1/s1. The maximum absolute atomic E-state index is 16.1. The molecule has 4 atom stereocenters. The molecule has 5 aliphatic rings. The second kappa shape index (κ2) is 15.7. The first-order valence-corrected chi connectivity index (χ1v) is 21.8. The molecule has 1 aliphatic carbocycles. The highest BCUT2D eigenvalue weighted by Gasteiger charge is 2.48.